The van der Waals surface area contributed by atoms with Crippen LogP contribution in [-0.4, -0.2) is 23.4 Å². The van der Waals surface area contributed by atoms with Crippen molar-refractivity contribution in [2.75, 3.05) is 12.4 Å². The Bertz CT molecular complexity index is 1020. The van der Waals surface area contributed by atoms with E-state index in [0.29, 0.717) is 10.8 Å². The third kappa shape index (κ3) is 6.26. The third-order valence-electron chi connectivity index (χ3n) is 4.04. The van der Waals surface area contributed by atoms with Crippen LogP contribution in [0.1, 0.15) is 11.1 Å². The van der Waals surface area contributed by atoms with E-state index in [4.69, 9.17) is 21.4 Å². The highest BCUT2D eigenvalue weighted by atomic mass is 127. The Hall–Kier alpha value is -1.96. The molecule has 0 amide bonds. The Balaban J connectivity index is 1.78. The molecule has 148 valence electrons. The lowest BCUT2D eigenvalue weighted by atomic mass is 9.98. The summed E-state index contributed by atoms with van der Waals surface area (Å²) in [5.74, 6) is 0.166. The van der Waals surface area contributed by atoms with E-state index in [1.54, 1.807) is 23.9 Å². The van der Waals surface area contributed by atoms with Gasteiger partial charge in [0.1, 0.15) is 5.75 Å². The molecule has 0 aliphatic carbocycles. The molecule has 0 aromatic heterocycles. The van der Waals surface area contributed by atoms with E-state index >= 15 is 0 Å². The van der Waals surface area contributed by atoms with Gasteiger partial charge in [0.25, 0.3) is 0 Å². The number of thioether (sulfide) groups is 1. The molecule has 3 rings (SSSR count). The highest BCUT2D eigenvalue weighted by Crippen LogP contribution is 2.33. The Morgan fingerprint density at radius 2 is 1.79 bits per heavy atom. The first-order chi connectivity index (χ1) is 14.0. The molecule has 29 heavy (non-hydrogen) atoms. The number of hydrogen-bond acceptors (Lipinski definition) is 3. The Labute approximate surface area is 192 Å². The van der Waals surface area contributed by atoms with Gasteiger partial charge in [-0.05, 0) is 63.6 Å². The van der Waals surface area contributed by atoms with Gasteiger partial charge in [-0.15, -0.1) is 11.8 Å². The van der Waals surface area contributed by atoms with Crippen LogP contribution in [0.5, 0.6) is 5.75 Å². The molecule has 0 aliphatic heterocycles. The number of hydrogen-bond donors (Lipinski definition) is 1. The maximum absolute atomic E-state index is 10.6. The summed E-state index contributed by atoms with van der Waals surface area (Å²) in [6, 6.07) is 23.9. The minimum Gasteiger partial charge on any atom is -0.482 e. The van der Waals surface area contributed by atoms with Crippen molar-refractivity contribution in [3.63, 3.8) is 0 Å². The first-order valence-electron chi connectivity index (χ1n) is 8.82. The van der Waals surface area contributed by atoms with E-state index in [1.807, 2.05) is 36.4 Å². The molecule has 0 saturated carbocycles. The number of carboxylic acids is 1. The molecule has 0 aliphatic rings. The lowest BCUT2D eigenvalue weighted by molar-refractivity contribution is -0.139. The fourth-order valence-corrected chi connectivity index (χ4v) is 4.53. The SMILES string of the molecule is O=C(O)COc1ccc(SC/C=C(/c2ccccc2)c2ccccc2I)c(Cl)c1. The minimum absolute atomic E-state index is 0.387. The number of halogens is 2. The zero-order valence-corrected chi connectivity index (χ0v) is 19.1. The van der Waals surface area contributed by atoms with Crippen molar-refractivity contribution < 1.29 is 14.6 Å². The lowest BCUT2D eigenvalue weighted by Crippen LogP contribution is -2.09. The molecule has 3 aromatic carbocycles. The van der Waals surface area contributed by atoms with Crippen molar-refractivity contribution in [2.24, 2.45) is 0 Å². The fraction of sp³-hybridized carbons (Fsp3) is 0.0870. The first kappa shape index (κ1) is 21.7. The molecule has 0 bridgehead atoms. The van der Waals surface area contributed by atoms with Crippen molar-refractivity contribution in [2.45, 2.75) is 4.90 Å². The Morgan fingerprint density at radius 3 is 2.48 bits per heavy atom. The quantitative estimate of drug-likeness (QED) is 0.259. The summed E-state index contributed by atoms with van der Waals surface area (Å²) in [4.78, 5) is 11.5. The topological polar surface area (TPSA) is 46.5 Å². The summed E-state index contributed by atoms with van der Waals surface area (Å²) in [6.07, 6.45) is 2.21. The van der Waals surface area contributed by atoms with Crippen molar-refractivity contribution in [1.82, 2.24) is 0 Å². The molecule has 3 aromatic rings. The Morgan fingerprint density at radius 1 is 1.07 bits per heavy atom. The predicted octanol–water partition coefficient (Wildman–Crippen LogP) is 6.63. The number of aliphatic carboxylic acids is 1. The number of carbonyl (C=O) groups is 1. The van der Waals surface area contributed by atoms with Crippen LogP contribution < -0.4 is 4.74 Å². The van der Waals surface area contributed by atoms with Crippen LogP contribution in [0.15, 0.2) is 83.8 Å². The largest absolute Gasteiger partial charge is 0.482 e. The highest BCUT2D eigenvalue weighted by Gasteiger charge is 2.09. The molecule has 0 atom stereocenters. The molecule has 3 nitrogen and oxygen atoms in total. The van der Waals surface area contributed by atoms with E-state index in [1.165, 1.54) is 20.3 Å². The van der Waals surface area contributed by atoms with Crippen LogP contribution in [0, 0.1) is 3.57 Å². The summed E-state index contributed by atoms with van der Waals surface area (Å²) < 4.78 is 6.37. The van der Waals surface area contributed by atoms with Gasteiger partial charge in [-0.2, -0.15) is 0 Å². The minimum atomic E-state index is -1.02. The monoisotopic (exact) mass is 536 g/mol. The van der Waals surface area contributed by atoms with Crippen LogP contribution in [0.2, 0.25) is 5.02 Å². The van der Waals surface area contributed by atoms with Gasteiger partial charge in [-0.25, -0.2) is 4.79 Å². The first-order valence-corrected chi connectivity index (χ1v) is 11.3. The van der Waals surface area contributed by atoms with E-state index in [9.17, 15) is 4.79 Å². The van der Waals surface area contributed by atoms with Crippen molar-refractivity contribution in [3.05, 3.63) is 98.6 Å². The Kier molecular flexibility index (Phi) is 8.03. The fourth-order valence-electron chi connectivity index (χ4n) is 2.73. The number of rotatable bonds is 8. The molecule has 6 heteroatoms. The van der Waals surface area contributed by atoms with Gasteiger partial charge in [0.15, 0.2) is 6.61 Å². The molecule has 1 N–H and O–H groups in total. The molecule has 0 radical (unpaired) electrons. The van der Waals surface area contributed by atoms with Gasteiger partial charge in [-0.1, -0.05) is 66.2 Å². The molecule has 0 fully saturated rings. The normalized spacial score (nSPS) is 11.3. The van der Waals surface area contributed by atoms with Gasteiger partial charge in [0.2, 0.25) is 0 Å². The number of ether oxygens (including phenoxy) is 1. The number of benzene rings is 3. The average molecular weight is 537 g/mol. The molecule has 0 spiro atoms. The second-order valence-corrected chi connectivity index (χ2v) is 8.68. The molecular formula is C23H18ClIO3S. The maximum atomic E-state index is 10.6. The molecule has 0 unspecified atom stereocenters. The van der Waals surface area contributed by atoms with Gasteiger partial charge >= 0.3 is 5.97 Å². The summed E-state index contributed by atoms with van der Waals surface area (Å²) in [5.41, 5.74) is 3.55. The van der Waals surface area contributed by atoms with E-state index < -0.39 is 5.97 Å². The van der Waals surface area contributed by atoms with E-state index in [2.05, 4.69) is 52.9 Å². The van der Waals surface area contributed by atoms with Gasteiger partial charge in [-0.3, -0.25) is 0 Å². The van der Waals surface area contributed by atoms with Crippen LogP contribution in [-0.2, 0) is 4.79 Å². The van der Waals surface area contributed by atoms with E-state index in [-0.39, 0.29) is 6.61 Å². The zero-order chi connectivity index (χ0) is 20.6. The van der Waals surface area contributed by atoms with Crippen LogP contribution in [0.25, 0.3) is 5.57 Å². The zero-order valence-electron chi connectivity index (χ0n) is 15.3. The van der Waals surface area contributed by atoms with Crippen molar-refractivity contribution in [3.8, 4) is 5.75 Å². The standard InChI is InChI=1S/C23H18ClIO3S/c24-20-14-17(28-15-23(26)27)10-11-22(20)29-13-12-18(16-6-2-1-3-7-16)19-8-4-5-9-21(19)25/h1-12,14H,13,15H2,(H,26,27)/b18-12-. The molecule has 0 heterocycles. The average Bonchev–Trinajstić information content (AvgIpc) is 2.72. The van der Waals surface area contributed by atoms with E-state index in [0.717, 1.165) is 10.6 Å². The van der Waals surface area contributed by atoms with Crippen LogP contribution in [0.3, 0.4) is 0 Å². The molecular weight excluding hydrogens is 519 g/mol. The summed E-state index contributed by atoms with van der Waals surface area (Å²) in [6.45, 7) is -0.387. The second-order valence-electron chi connectivity index (χ2n) is 6.05. The maximum Gasteiger partial charge on any atom is 0.341 e. The van der Waals surface area contributed by atoms with Crippen molar-refractivity contribution in [1.29, 1.82) is 0 Å². The molecule has 0 saturated heterocycles. The smallest absolute Gasteiger partial charge is 0.341 e. The third-order valence-corrected chi connectivity index (χ3v) is 6.41. The number of carboxylic acid groups (broad SMARTS) is 1. The summed E-state index contributed by atoms with van der Waals surface area (Å²) in [5, 5.41) is 9.25. The second kappa shape index (κ2) is 10.7. The highest BCUT2D eigenvalue weighted by molar-refractivity contribution is 14.1. The van der Waals surface area contributed by atoms with Gasteiger partial charge in [0.05, 0.1) is 5.02 Å². The van der Waals surface area contributed by atoms with Gasteiger partial charge < -0.3 is 9.84 Å². The lowest BCUT2D eigenvalue weighted by Gasteiger charge is -2.11. The summed E-state index contributed by atoms with van der Waals surface area (Å²) >= 11 is 10.3. The van der Waals surface area contributed by atoms with Crippen LogP contribution >= 0.6 is 46.0 Å². The van der Waals surface area contributed by atoms with Gasteiger partial charge in [0, 0.05) is 14.2 Å². The van der Waals surface area contributed by atoms with Crippen molar-refractivity contribution >= 4 is 57.5 Å². The predicted molar refractivity (Wildman–Crippen MR) is 128 cm³/mol. The van der Waals surface area contributed by atoms with Crippen LogP contribution in [0.4, 0.5) is 0 Å². The summed E-state index contributed by atoms with van der Waals surface area (Å²) in [7, 11) is 0.